The normalized spacial score (nSPS) is 10.5. The maximum Gasteiger partial charge on any atom is 0.303 e. The highest BCUT2D eigenvalue weighted by Gasteiger charge is 2.21. The molecule has 0 saturated carbocycles. The van der Waals surface area contributed by atoms with Gasteiger partial charge in [0.2, 0.25) is 0 Å². The highest BCUT2D eigenvalue weighted by atomic mass is 79.9. The molecule has 6 heteroatoms. The molecule has 0 fully saturated rings. The topological polar surface area (TPSA) is 74.6 Å². The van der Waals surface area contributed by atoms with Crippen molar-refractivity contribution in [3.63, 3.8) is 0 Å². The zero-order valence-corrected chi connectivity index (χ0v) is 10.3. The van der Waals surface area contributed by atoms with Gasteiger partial charge in [0.15, 0.2) is 0 Å². The van der Waals surface area contributed by atoms with E-state index in [4.69, 9.17) is 10.2 Å². The molecule has 0 aliphatic heterocycles. The van der Waals surface area contributed by atoms with Crippen molar-refractivity contribution in [1.82, 2.24) is 0 Å². The van der Waals surface area contributed by atoms with E-state index in [9.17, 15) is 14.0 Å². The van der Waals surface area contributed by atoms with Crippen molar-refractivity contribution in [1.29, 1.82) is 0 Å². The van der Waals surface area contributed by atoms with Gasteiger partial charge in [-0.2, -0.15) is 0 Å². The van der Waals surface area contributed by atoms with Gasteiger partial charge in [0.05, 0.1) is 12.8 Å². The Hall–Kier alpha value is -1.43. The van der Waals surface area contributed by atoms with Crippen LogP contribution in [0.1, 0.15) is 24.3 Å². The Labute approximate surface area is 105 Å². The first-order valence-corrected chi connectivity index (χ1v) is 5.58. The van der Waals surface area contributed by atoms with Crippen LogP contribution < -0.4 is 0 Å². The fourth-order valence-corrected chi connectivity index (χ4v) is 2.11. The third-order valence-electron chi connectivity index (χ3n) is 2.24. The third kappa shape index (κ3) is 4.14. The molecule has 0 atom stereocenters. The van der Waals surface area contributed by atoms with Crippen molar-refractivity contribution < 1.29 is 24.2 Å². The molecule has 0 amide bonds. The van der Waals surface area contributed by atoms with Crippen molar-refractivity contribution in [2.75, 3.05) is 0 Å². The van der Waals surface area contributed by atoms with E-state index in [0.717, 1.165) is 6.07 Å². The van der Waals surface area contributed by atoms with Crippen LogP contribution >= 0.6 is 15.9 Å². The predicted molar refractivity (Wildman–Crippen MR) is 61.3 cm³/mol. The van der Waals surface area contributed by atoms with Gasteiger partial charge in [-0.15, -0.1) is 0 Å². The number of carboxylic acid groups (broad SMARTS) is 2. The first-order chi connectivity index (χ1) is 7.90. The molecule has 1 rings (SSSR count). The van der Waals surface area contributed by atoms with Gasteiger partial charge in [0.25, 0.3) is 0 Å². The van der Waals surface area contributed by atoms with E-state index in [0.29, 0.717) is 10.0 Å². The van der Waals surface area contributed by atoms with Gasteiger partial charge >= 0.3 is 11.9 Å². The lowest BCUT2D eigenvalue weighted by molar-refractivity contribution is -0.139. The van der Waals surface area contributed by atoms with Crippen LogP contribution in [0.15, 0.2) is 22.7 Å². The number of benzene rings is 1. The quantitative estimate of drug-likeness (QED) is 0.877. The lowest BCUT2D eigenvalue weighted by Crippen LogP contribution is -2.12. The molecule has 0 aliphatic rings. The smallest absolute Gasteiger partial charge is 0.303 e. The maximum atomic E-state index is 13.1. The molecule has 2 N–H and O–H groups in total. The molecule has 4 nitrogen and oxygen atoms in total. The number of rotatable bonds is 5. The van der Waals surface area contributed by atoms with Crippen molar-refractivity contribution >= 4 is 27.9 Å². The molecule has 17 heavy (non-hydrogen) atoms. The van der Waals surface area contributed by atoms with Crippen LogP contribution in [0.4, 0.5) is 4.39 Å². The number of hydrogen-bond acceptors (Lipinski definition) is 2. The summed E-state index contributed by atoms with van der Waals surface area (Å²) < 4.78 is 13.6. The molecule has 0 aliphatic carbocycles. The van der Waals surface area contributed by atoms with E-state index in [-0.39, 0.29) is 12.8 Å². The summed E-state index contributed by atoms with van der Waals surface area (Å²) in [5, 5.41) is 17.4. The molecule has 0 bridgehead atoms. The van der Waals surface area contributed by atoms with E-state index in [1.54, 1.807) is 0 Å². The number of carboxylic acids is 2. The maximum absolute atomic E-state index is 13.1. The van der Waals surface area contributed by atoms with E-state index < -0.39 is 23.7 Å². The van der Waals surface area contributed by atoms with Crippen LogP contribution in [-0.4, -0.2) is 22.2 Å². The Balaban J connectivity index is 3.06. The summed E-state index contributed by atoms with van der Waals surface area (Å²) in [4.78, 5) is 21.3. The van der Waals surface area contributed by atoms with Gasteiger partial charge in [0, 0.05) is 10.4 Å². The highest BCUT2D eigenvalue weighted by Crippen LogP contribution is 2.30. The standard InChI is InChI=1S/C11H10BrFO4/c12-9-2-1-7(13)5-8(9)6(3-10(14)15)4-11(16)17/h1-2,5-6H,3-4H2,(H,14,15)(H,16,17). The third-order valence-corrected chi connectivity index (χ3v) is 2.96. The largest absolute Gasteiger partial charge is 0.481 e. The van der Waals surface area contributed by atoms with Gasteiger partial charge in [-0.3, -0.25) is 9.59 Å². The summed E-state index contributed by atoms with van der Waals surface area (Å²) in [6, 6.07) is 3.80. The second-order valence-corrected chi connectivity index (χ2v) is 4.41. The molecule has 0 radical (unpaired) electrons. The summed E-state index contributed by atoms with van der Waals surface area (Å²) in [6.45, 7) is 0. The van der Waals surface area contributed by atoms with Crippen LogP contribution in [0.25, 0.3) is 0 Å². The molecule has 0 heterocycles. The molecule has 0 unspecified atom stereocenters. The van der Waals surface area contributed by atoms with E-state index in [1.807, 2.05) is 0 Å². The Morgan fingerprint density at radius 2 is 1.76 bits per heavy atom. The van der Waals surface area contributed by atoms with Crippen LogP contribution in [-0.2, 0) is 9.59 Å². The van der Waals surface area contributed by atoms with Crippen molar-refractivity contribution in [3.8, 4) is 0 Å². The fraction of sp³-hybridized carbons (Fsp3) is 0.273. The van der Waals surface area contributed by atoms with Gasteiger partial charge in [0.1, 0.15) is 5.82 Å². The Morgan fingerprint density at radius 1 is 1.24 bits per heavy atom. The second-order valence-electron chi connectivity index (χ2n) is 3.56. The van der Waals surface area contributed by atoms with Gasteiger partial charge in [-0.05, 0) is 23.8 Å². The average molecular weight is 305 g/mol. The summed E-state index contributed by atoms with van der Waals surface area (Å²) in [5.74, 6) is -3.51. The van der Waals surface area contributed by atoms with Crippen molar-refractivity contribution in [2.45, 2.75) is 18.8 Å². The molecule has 92 valence electrons. The van der Waals surface area contributed by atoms with Crippen LogP contribution in [0.3, 0.4) is 0 Å². The Bertz CT molecular complexity index is 431. The second kappa shape index (κ2) is 5.77. The fourth-order valence-electron chi connectivity index (χ4n) is 1.54. The monoisotopic (exact) mass is 304 g/mol. The molecule has 1 aromatic rings. The average Bonchev–Trinajstić information content (AvgIpc) is 2.19. The van der Waals surface area contributed by atoms with Crippen molar-refractivity contribution in [3.05, 3.63) is 34.1 Å². The predicted octanol–water partition coefficient (Wildman–Crippen LogP) is 2.62. The molecule has 0 saturated heterocycles. The molecular formula is C11H10BrFO4. The first-order valence-electron chi connectivity index (χ1n) is 4.78. The number of halogens is 2. The minimum Gasteiger partial charge on any atom is -0.481 e. The zero-order chi connectivity index (χ0) is 13.0. The molecule has 1 aromatic carbocycles. The summed E-state index contributed by atoms with van der Waals surface area (Å²) in [7, 11) is 0. The van der Waals surface area contributed by atoms with Gasteiger partial charge in [-0.25, -0.2) is 4.39 Å². The number of hydrogen-bond donors (Lipinski definition) is 2. The van der Waals surface area contributed by atoms with E-state index in [1.165, 1.54) is 12.1 Å². The molecule has 0 aromatic heterocycles. The Morgan fingerprint density at radius 3 is 2.24 bits per heavy atom. The number of aliphatic carboxylic acids is 2. The lowest BCUT2D eigenvalue weighted by atomic mass is 9.92. The van der Waals surface area contributed by atoms with E-state index >= 15 is 0 Å². The first kappa shape index (κ1) is 13.6. The number of carbonyl (C=O) groups is 2. The SMILES string of the molecule is O=C(O)CC(CC(=O)O)c1cc(F)ccc1Br. The van der Waals surface area contributed by atoms with E-state index in [2.05, 4.69) is 15.9 Å². The Kier molecular flexibility index (Phi) is 4.62. The zero-order valence-electron chi connectivity index (χ0n) is 8.69. The summed E-state index contributed by atoms with van der Waals surface area (Å²) >= 11 is 3.16. The summed E-state index contributed by atoms with van der Waals surface area (Å²) in [5.41, 5.74) is 0.356. The molecule has 0 spiro atoms. The minimum absolute atomic E-state index is 0.353. The molecular weight excluding hydrogens is 295 g/mol. The van der Waals surface area contributed by atoms with Gasteiger partial charge in [-0.1, -0.05) is 15.9 Å². The van der Waals surface area contributed by atoms with Crippen LogP contribution in [0.5, 0.6) is 0 Å². The van der Waals surface area contributed by atoms with Crippen molar-refractivity contribution in [2.24, 2.45) is 0 Å². The minimum atomic E-state index is -1.12. The van der Waals surface area contributed by atoms with Crippen LogP contribution in [0, 0.1) is 5.82 Å². The lowest BCUT2D eigenvalue weighted by Gasteiger charge is -2.14. The van der Waals surface area contributed by atoms with Crippen LogP contribution in [0.2, 0.25) is 0 Å². The highest BCUT2D eigenvalue weighted by molar-refractivity contribution is 9.10. The summed E-state index contributed by atoms with van der Waals surface area (Å²) in [6.07, 6.45) is -0.706. The van der Waals surface area contributed by atoms with Gasteiger partial charge < -0.3 is 10.2 Å².